The van der Waals surface area contributed by atoms with Crippen LogP contribution in [0.15, 0.2) is 35.0 Å². The van der Waals surface area contributed by atoms with E-state index in [0.717, 1.165) is 27.5 Å². The van der Waals surface area contributed by atoms with Crippen LogP contribution in [0.2, 0.25) is 0 Å². The van der Waals surface area contributed by atoms with Crippen LogP contribution >= 0.6 is 22.7 Å². The van der Waals surface area contributed by atoms with Gasteiger partial charge in [0, 0.05) is 9.75 Å². The van der Waals surface area contributed by atoms with Crippen molar-refractivity contribution in [2.75, 3.05) is 0 Å². The Balaban J connectivity index is 1.55. The molecule has 6 nitrogen and oxygen atoms in total. The molecule has 1 aliphatic heterocycles. The van der Waals surface area contributed by atoms with Gasteiger partial charge in [-0.05, 0) is 42.7 Å². The van der Waals surface area contributed by atoms with Gasteiger partial charge < -0.3 is 10.2 Å². The van der Waals surface area contributed by atoms with E-state index in [1.807, 2.05) is 35.0 Å². The van der Waals surface area contributed by atoms with Crippen LogP contribution in [0.3, 0.4) is 0 Å². The Labute approximate surface area is 172 Å². The minimum absolute atomic E-state index is 0.208. The molecule has 2 aliphatic rings. The zero-order valence-electron chi connectivity index (χ0n) is 15.7. The first kappa shape index (κ1) is 19.1. The number of thiophene rings is 2. The topological polar surface area (TPSA) is 69.7 Å². The van der Waals surface area contributed by atoms with Crippen molar-refractivity contribution in [2.45, 2.75) is 57.3 Å². The van der Waals surface area contributed by atoms with Gasteiger partial charge in [-0.25, -0.2) is 9.69 Å². The Hall–Kier alpha value is -2.19. The summed E-state index contributed by atoms with van der Waals surface area (Å²) in [5.41, 5.74) is -0.794. The average Bonchev–Trinajstić information content (AvgIpc) is 3.45. The molecule has 4 amide bonds. The van der Waals surface area contributed by atoms with E-state index in [2.05, 4.69) is 5.32 Å². The Bertz CT molecular complexity index is 821. The number of hydrogen-bond donors (Lipinski definition) is 1. The fourth-order valence-electron chi connectivity index (χ4n) is 4.08. The second-order valence-electron chi connectivity index (χ2n) is 7.42. The van der Waals surface area contributed by atoms with Crippen LogP contribution in [0.5, 0.6) is 0 Å². The van der Waals surface area contributed by atoms with Crippen LogP contribution < -0.4 is 5.32 Å². The van der Waals surface area contributed by atoms with Crippen LogP contribution in [0, 0.1) is 0 Å². The fraction of sp³-hybridized carbons (Fsp3) is 0.450. The first-order valence-electron chi connectivity index (χ1n) is 9.49. The molecule has 2 aromatic heterocycles. The molecule has 0 aromatic carbocycles. The van der Waals surface area contributed by atoms with E-state index < -0.39 is 17.6 Å². The lowest BCUT2D eigenvalue weighted by atomic mass is 9.97. The largest absolute Gasteiger partial charge is 0.331 e. The molecule has 1 aliphatic carbocycles. The van der Waals surface area contributed by atoms with Crippen molar-refractivity contribution >= 4 is 40.5 Å². The van der Waals surface area contributed by atoms with Gasteiger partial charge in [-0.1, -0.05) is 25.0 Å². The van der Waals surface area contributed by atoms with E-state index in [4.69, 9.17) is 0 Å². The molecule has 0 bridgehead atoms. The van der Waals surface area contributed by atoms with Gasteiger partial charge in [-0.3, -0.25) is 9.59 Å². The van der Waals surface area contributed by atoms with Crippen molar-refractivity contribution in [2.24, 2.45) is 0 Å². The number of urea groups is 1. The molecule has 28 heavy (non-hydrogen) atoms. The maximum absolute atomic E-state index is 13.3. The summed E-state index contributed by atoms with van der Waals surface area (Å²) >= 11 is 3.18. The first-order chi connectivity index (χ1) is 13.5. The molecule has 8 heteroatoms. The van der Waals surface area contributed by atoms with Gasteiger partial charge in [0.1, 0.15) is 11.6 Å². The molecule has 1 saturated heterocycles. The third-order valence-electron chi connectivity index (χ3n) is 5.56. The molecule has 1 saturated carbocycles. The van der Waals surface area contributed by atoms with E-state index in [1.165, 1.54) is 0 Å². The molecule has 1 N–H and O–H groups in total. The Morgan fingerprint density at radius 3 is 2.21 bits per heavy atom. The molecular weight excluding hydrogens is 394 g/mol. The van der Waals surface area contributed by atoms with Gasteiger partial charge in [-0.15, -0.1) is 22.7 Å². The van der Waals surface area contributed by atoms with E-state index in [9.17, 15) is 14.4 Å². The second-order valence-corrected chi connectivity index (χ2v) is 9.49. The number of hydrogen-bond acceptors (Lipinski definition) is 5. The zero-order valence-corrected chi connectivity index (χ0v) is 17.4. The number of nitrogens with zero attached hydrogens (tertiary/aromatic N) is 2. The van der Waals surface area contributed by atoms with E-state index >= 15 is 0 Å². The predicted molar refractivity (Wildman–Crippen MR) is 109 cm³/mol. The Morgan fingerprint density at radius 1 is 1.14 bits per heavy atom. The minimum atomic E-state index is -0.826. The SMILES string of the molecule is CC(C(=O)N(Cc1cccs1)Cc1cccs1)N1C(=O)NC2(CCCC2)C1=O. The van der Waals surface area contributed by atoms with Crippen LogP contribution in [0.4, 0.5) is 4.79 Å². The van der Waals surface area contributed by atoms with Gasteiger partial charge in [0.25, 0.3) is 5.91 Å². The maximum Gasteiger partial charge on any atom is 0.325 e. The minimum Gasteiger partial charge on any atom is -0.331 e. The van der Waals surface area contributed by atoms with Crippen LogP contribution in [-0.4, -0.2) is 39.2 Å². The normalized spacial score (nSPS) is 19.2. The lowest BCUT2D eigenvalue weighted by Crippen LogP contribution is -2.50. The molecule has 2 fully saturated rings. The molecule has 4 rings (SSSR count). The fourth-order valence-corrected chi connectivity index (χ4v) is 5.52. The van der Waals surface area contributed by atoms with Gasteiger partial charge in [-0.2, -0.15) is 0 Å². The molecular formula is C20H23N3O3S2. The zero-order chi connectivity index (χ0) is 19.7. The lowest BCUT2D eigenvalue weighted by Gasteiger charge is -2.29. The molecule has 0 radical (unpaired) electrons. The van der Waals surface area contributed by atoms with Gasteiger partial charge in [0.2, 0.25) is 5.91 Å². The Kier molecular flexibility index (Phi) is 5.25. The highest BCUT2D eigenvalue weighted by molar-refractivity contribution is 7.10. The van der Waals surface area contributed by atoms with Gasteiger partial charge in [0.15, 0.2) is 0 Å². The number of rotatable bonds is 6. The quantitative estimate of drug-likeness (QED) is 0.730. The van der Waals surface area contributed by atoms with Crippen molar-refractivity contribution in [1.82, 2.24) is 15.1 Å². The van der Waals surface area contributed by atoms with Crippen LogP contribution in [0.1, 0.15) is 42.4 Å². The van der Waals surface area contributed by atoms with E-state index in [-0.39, 0.29) is 11.8 Å². The van der Waals surface area contributed by atoms with Crippen molar-refractivity contribution in [3.8, 4) is 0 Å². The maximum atomic E-state index is 13.3. The summed E-state index contributed by atoms with van der Waals surface area (Å²) in [6.45, 7) is 2.59. The van der Waals surface area contributed by atoms with Crippen molar-refractivity contribution < 1.29 is 14.4 Å². The molecule has 1 atom stereocenters. The highest BCUT2D eigenvalue weighted by atomic mass is 32.1. The number of imide groups is 1. The summed E-state index contributed by atoms with van der Waals surface area (Å²) in [5.74, 6) is -0.455. The van der Waals surface area contributed by atoms with Crippen molar-refractivity contribution in [3.63, 3.8) is 0 Å². The summed E-state index contributed by atoms with van der Waals surface area (Å²) in [4.78, 5) is 44.0. The van der Waals surface area contributed by atoms with Crippen molar-refractivity contribution in [3.05, 3.63) is 44.8 Å². The van der Waals surface area contributed by atoms with Crippen molar-refractivity contribution in [1.29, 1.82) is 0 Å². The summed E-state index contributed by atoms with van der Waals surface area (Å²) in [7, 11) is 0. The van der Waals surface area contributed by atoms with Crippen LogP contribution in [-0.2, 0) is 22.7 Å². The predicted octanol–water partition coefficient (Wildman–Crippen LogP) is 3.59. The van der Waals surface area contributed by atoms with E-state index in [1.54, 1.807) is 34.5 Å². The van der Waals surface area contributed by atoms with Crippen LogP contribution in [0.25, 0.3) is 0 Å². The standard InChI is InChI=1S/C20H23N3O3S2/c1-14(23-18(25)20(21-19(23)26)8-2-3-9-20)17(24)22(12-15-6-4-10-27-15)13-16-7-5-11-28-16/h4-7,10-11,14H,2-3,8-9,12-13H2,1H3,(H,21,26). The summed E-state index contributed by atoms with van der Waals surface area (Å²) in [5, 5.41) is 6.83. The number of amides is 4. The molecule has 3 heterocycles. The van der Waals surface area contributed by atoms with E-state index in [0.29, 0.717) is 25.9 Å². The van der Waals surface area contributed by atoms with Gasteiger partial charge in [0.05, 0.1) is 13.1 Å². The molecule has 1 spiro atoms. The first-order valence-corrected chi connectivity index (χ1v) is 11.3. The average molecular weight is 418 g/mol. The summed E-state index contributed by atoms with van der Waals surface area (Å²) in [6.07, 6.45) is 3.16. The summed E-state index contributed by atoms with van der Waals surface area (Å²) in [6, 6.07) is 6.63. The second kappa shape index (κ2) is 7.67. The third kappa shape index (κ3) is 3.46. The number of nitrogens with one attached hydrogen (secondary N) is 1. The monoisotopic (exact) mass is 417 g/mol. The third-order valence-corrected chi connectivity index (χ3v) is 7.28. The summed E-state index contributed by atoms with van der Waals surface area (Å²) < 4.78 is 0. The molecule has 2 aromatic rings. The highest BCUT2D eigenvalue weighted by Crippen LogP contribution is 2.36. The molecule has 148 valence electrons. The Morgan fingerprint density at radius 2 is 1.71 bits per heavy atom. The number of carbonyl (C=O) groups excluding carboxylic acids is 3. The smallest absolute Gasteiger partial charge is 0.325 e. The lowest BCUT2D eigenvalue weighted by molar-refractivity contribution is -0.143. The highest BCUT2D eigenvalue weighted by Gasteiger charge is 2.54. The van der Waals surface area contributed by atoms with Gasteiger partial charge >= 0.3 is 6.03 Å². The number of carbonyl (C=O) groups is 3. The molecule has 1 unspecified atom stereocenters.